The Morgan fingerprint density at radius 2 is 1.58 bits per heavy atom. The van der Waals surface area contributed by atoms with Gasteiger partial charge < -0.3 is 23.4 Å². The monoisotopic (exact) mass is 418 g/mol. The van der Waals surface area contributed by atoms with E-state index in [1.807, 2.05) is 30.3 Å². The molecule has 31 heavy (non-hydrogen) atoms. The van der Waals surface area contributed by atoms with Crippen LogP contribution in [-0.4, -0.2) is 21.3 Å². The van der Waals surface area contributed by atoms with Gasteiger partial charge in [-0.25, -0.2) is 0 Å². The fourth-order valence-electron chi connectivity index (χ4n) is 3.36. The molecular formula is C25H22O6. The molecule has 0 saturated carbocycles. The van der Waals surface area contributed by atoms with Crippen LogP contribution in [0.4, 0.5) is 0 Å². The fourth-order valence-corrected chi connectivity index (χ4v) is 3.36. The number of hydrogen-bond acceptors (Lipinski definition) is 6. The Bertz CT molecular complexity index is 1260. The average Bonchev–Trinajstić information content (AvgIpc) is 2.82. The fraction of sp³-hybridized carbons (Fsp3) is 0.160. The van der Waals surface area contributed by atoms with E-state index in [0.717, 1.165) is 5.56 Å². The minimum atomic E-state index is -0.208. The minimum Gasteiger partial charge on any atom is -0.496 e. The Balaban J connectivity index is 1.77. The van der Waals surface area contributed by atoms with Gasteiger partial charge in [-0.05, 0) is 23.3 Å². The Morgan fingerprint density at radius 1 is 0.806 bits per heavy atom. The molecule has 4 rings (SSSR count). The van der Waals surface area contributed by atoms with Gasteiger partial charge in [-0.1, -0.05) is 36.4 Å². The van der Waals surface area contributed by atoms with Crippen molar-refractivity contribution in [2.75, 3.05) is 21.3 Å². The Kier molecular flexibility index (Phi) is 5.80. The Morgan fingerprint density at radius 3 is 2.29 bits per heavy atom. The molecule has 0 N–H and O–H groups in total. The van der Waals surface area contributed by atoms with E-state index in [2.05, 4.69) is 0 Å². The minimum absolute atomic E-state index is 0.208. The van der Waals surface area contributed by atoms with Crippen LogP contribution in [-0.2, 0) is 6.61 Å². The summed E-state index contributed by atoms with van der Waals surface area (Å²) in [5, 5.41) is 0.350. The van der Waals surface area contributed by atoms with Crippen LogP contribution in [0.2, 0.25) is 0 Å². The molecule has 0 saturated heterocycles. The molecule has 0 fully saturated rings. The lowest BCUT2D eigenvalue weighted by Crippen LogP contribution is -2.07. The van der Waals surface area contributed by atoms with Crippen LogP contribution < -0.4 is 24.4 Å². The molecule has 0 bridgehead atoms. The van der Waals surface area contributed by atoms with Gasteiger partial charge in [0.25, 0.3) is 0 Å². The molecule has 1 heterocycles. The molecule has 158 valence electrons. The van der Waals surface area contributed by atoms with Gasteiger partial charge in [-0.15, -0.1) is 0 Å². The molecule has 0 radical (unpaired) electrons. The lowest BCUT2D eigenvalue weighted by Gasteiger charge is -2.13. The molecule has 3 aromatic carbocycles. The number of benzene rings is 3. The van der Waals surface area contributed by atoms with Crippen LogP contribution >= 0.6 is 0 Å². The van der Waals surface area contributed by atoms with Gasteiger partial charge in [0, 0.05) is 12.1 Å². The number of methoxy groups -OCH3 is 3. The first-order chi connectivity index (χ1) is 15.1. The highest BCUT2D eigenvalue weighted by Gasteiger charge is 2.17. The second kappa shape index (κ2) is 8.83. The maximum Gasteiger partial charge on any atom is 0.204 e. The van der Waals surface area contributed by atoms with Crippen LogP contribution in [0.25, 0.3) is 22.1 Å². The molecule has 6 nitrogen and oxygen atoms in total. The highest BCUT2D eigenvalue weighted by Crippen LogP contribution is 2.34. The van der Waals surface area contributed by atoms with Crippen molar-refractivity contribution in [2.45, 2.75) is 6.61 Å². The highest BCUT2D eigenvalue weighted by atomic mass is 16.5. The zero-order valence-electron chi connectivity index (χ0n) is 17.5. The van der Waals surface area contributed by atoms with Crippen molar-refractivity contribution in [3.8, 4) is 34.1 Å². The summed E-state index contributed by atoms with van der Waals surface area (Å²) in [6.07, 6.45) is 1.44. The van der Waals surface area contributed by atoms with E-state index in [9.17, 15) is 4.79 Å². The average molecular weight is 418 g/mol. The SMILES string of the molecule is COc1cc(OC)c2c(=O)c(-c3ccc(OC)c(OCc4ccccc4)c3)coc2c1. The second-order valence-electron chi connectivity index (χ2n) is 6.82. The molecule has 0 unspecified atom stereocenters. The smallest absolute Gasteiger partial charge is 0.204 e. The van der Waals surface area contributed by atoms with E-state index in [0.29, 0.717) is 51.7 Å². The standard InChI is InChI=1S/C25H22O6/c1-27-18-12-22(29-3)24-23(13-18)31-15-19(25(24)26)17-9-10-20(28-2)21(11-17)30-14-16-7-5-4-6-8-16/h4-13,15H,14H2,1-3H3. The number of ether oxygens (including phenoxy) is 4. The quantitative estimate of drug-likeness (QED) is 0.418. The van der Waals surface area contributed by atoms with Gasteiger partial charge >= 0.3 is 0 Å². The van der Waals surface area contributed by atoms with Gasteiger partial charge in [0.15, 0.2) is 11.5 Å². The molecule has 0 atom stereocenters. The summed E-state index contributed by atoms with van der Waals surface area (Å²) in [6.45, 7) is 0.376. The number of rotatable bonds is 7. The van der Waals surface area contributed by atoms with Crippen LogP contribution in [0.15, 0.2) is 76.1 Å². The van der Waals surface area contributed by atoms with Crippen molar-refractivity contribution < 1.29 is 23.4 Å². The van der Waals surface area contributed by atoms with Gasteiger partial charge in [0.05, 0.1) is 26.9 Å². The van der Waals surface area contributed by atoms with Crippen molar-refractivity contribution in [1.29, 1.82) is 0 Å². The van der Waals surface area contributed by atoms with E-state index in [-0.39, 0.29) is 5.43 Å². The molecule has 0 amide bonds. The van der Waals surface area contributed by atoms with E-state index in [4.69, 9.17) is 23.4 Å². The zero-order chi connectivity index (χ0) is 21.8. The van der Waals surface area contributed by atoms with Crippen molar-refractivity contribution in [2.24, 2.45) is 0 Å². The third-order valence-electron chi connectivity index (χ3n) is 4.98. The maximum atomic E-state index is 13.3. The first-order valence-corrected chi connectivity index (χ1v) is 9.67. The van der Waals surface area contributed by atoms with Crippen LogP contribution in [0.3, 0.4) is 0 Å². The molecule has 1 aromatic heterocycles. The Hall–Kier alpha value is -3.93. The van der Waals surface area contributed by atoms with Crippen molar-refractivity contribution >= 4 is 11.0 Å². The topological polar surface area (TPSA) is 67.1 Å². The van der Waals surface area contributed by atoms with Crippen molar-refractivity contribution in [3.05, 3.63) is 82.7 Å². The number of fused-ring (bicyclic) bond motifs is 1. The summed E-state index contributed by atoms with van der Waals surface area (Å²) in [5.74, 6) is 2.04. The second-order valence-corrected chi connectivity index (χ2v) is 6.82. The summed E-state index contributed by atoms with van der Waals surface area (Å²) < 4.78 is 27.8. The van der Waals surface area contributed by atoms with Crippen LogP contribution in [0.1, 0.15) is 5.56 Å². The highest BCUT2D eigenvalue weighted by molar-refractivity contribution is 5.88. The Labute approximate surface area is 179 Å². The third-order valence-corrected chi connectivity index (χ3v) is 4.98. The molecule has 0 aliphatic rings. The lowest BCUT2D eigenvalue weighted by atomic mass is 10.0. The van der Waals surface area contributed by atoms with E-state index < -0.39 is 0 Å². The van der Waals surface area contributed by atoms with Gasteiger partial charge in [0.2, 0.25) is 5.43 Å². The molecule has 4 aromatic rings. The molecule has 6 heteroatoms. The molecule has 0 aliphatic heterocycles. The lowest BCUT2D eigenvalue weighted by molar-refractivity contribution is 0.284. The van der Waals surface area contributed by atoms with Gasteiger partial charge in [-0.3, -0.25) is 4.79 Å². The molecule has 0 aliphatic carbocycles. The van der Waals surface area contributed by atoms with Crippen LogP contribution in [0, 0.1) is 0 Å². The summed E-state index contributed by atoms with van der Waals surface area (Å²) in [4.78, 5) is 13.3. The van der Waals surface area contributed by atoms with Gasteiger partial charge in [0.1, 0.15) is 35.3 Å². The first kappa shape index (κ1) is 20.3. The molecular weight excluding hydrogens is 396 g/mol. The zero-order valence-corrected chi connectivity index (χ0v) is 17.5. The molecule has 0 spiro atoms. The van der Waals surface area contributed by atoms with Crippen LogP contribution in [0.5, 0.6) is 23.0 Å². The summed E-state index contributed by atoms with van der Waals surface area (Å²) >= 11 is 0. The van der Waals surface area contributed by atoms with Crippen molar-refractivity contribution in [1.82, 2.24) is 0 Å². The van der Waals surface area contributed by atoms with E-state index in [1.165, 1.54) is 13.4 Å². The maximum absolute atomic E-state index is 13.3. The summed E-state index contributed by atoms with van der Waals surface area (Å²) in [7, 11) is 4.62. The van der Waals surface area contributed by atoms with E-state index in [1.54, 1.807) is 44.6 Å². The normalized spacial score (nSPS) is 10.7. The predicted molar refractivity (Wildman–Crippen MR) is 118 cm³/mol. The largest absolute Gasteiger partial charge is 0.496 e. The van der Waals surface area contributed by atoms with Gasteiger partial charge in [-0.2, -0.15) is 0 Å². The van der Waals surface area contributed by atoms with E-state index >= 15 is 0 Å². The predicted octanol–water partition coefficient (Wildman–Crippen LogP) is 5.06. The first-order valence-electron chi connectivity index (χ1n) is 9.67. The summed E-state index contributed by atoms with van der Waals surface area (Å²) in [6, 6.07) is 18.5. The van der Waals surface area contributed by atoms with Crippen molar-refractivity contribution in [3.63, 3.8) is 0 Å². The summed E-state index contributed by atoms with van der Waals surface area (Å²) in [5.41, 5.74) is 2.25. The number of hydrogen-bond donors (Lipinski definition) is 0. The third kappa shape index (κ3) is 4.05.